The maximum atomic E-state index is 13.3. The van der Waals surface area contributed by atoms with Gasteiger partial charge in [-0.25, -0.2) is 9.18 Å². The average Bonchev–Trinajstić information content (AvgIpc) is 2.66. The van der Waals surface area contributed by atoms with Gasteiger partial charge in [0.25, 0.3) is 5.91 Å². The Hall–Kier alpha value is -2.87. The summed E-state index contributed by atoms with van der Waals surface area (Å²) >= 11 is 1.39. The summed E-state index contributed by atoms with van der Waals surface area (Å²) in [7, 11) is 1.56. The monoisotopic (exact) mass is 402 g/mol. The van der Waals surface area contributed by atoms with Gasteiger partial charge in [-0.1, -0.05) is 12.1 Å². The van der Waals surface area contributed by atoms with Gasteiger partial charge in [0.15, 0.2) is 6.10 Å². The van der Waals surface area contributed by atoms with Gasteiger partial charge < -0.3 is 15.0 Å². The standard InChI is InChI=1S/C20H19FN2O4S/c1-12(19(25)23(2)10-13-4-3-5-15(21)8-13)27-20(26)14-6-7-17-16(9-14)22-18(24)11-28-17/h3-9,12H,10-11H2,1-2H3,(H,22,24)/t12-/m1/s1. The number of anilines is 1. The summed E-state index contributed by atoms with van der Waals surface area (Å²) in [5, 5.41) is 2.71. The molecule has 0 radical (unpaired) electrons. The van der Waals surface area contributed by atoms with Crippen LogP contribution in [0.1, 0.15) is 22.8 Å². The molecule has 8 heteroatoms. The smallest absolute Gasteiger partial charge is 0.338 e. The van der Waals surface area contributed by atoms with Crippen LogP contribution in [0.3, 0.4) is 0 Å². The Morgan fingerprint density at radius 3 is 2.82 bits per heavy atom. The molecule has 2 aromatic rings. The summed E-state index contributed by atoms with van der Waals surface area (Å²) in [6, 6.07) is 10.8. The first kappa shape index (κ1) is 19.9. The van der Waals surface area contributed by atoms with E-state index < -0.39 is 18.0 Å². The van der Waals surface area contributed by atoms with Crippen LogP contribution in [0.15, 0.2) is 47.4 Å². The first-order valence-corrected chi connectivity index (χ1v) is 9.59. The van der Waals surface area contributed by atoms with Crippen molar-refractivity contribution in [2.24, 2.45) is 0 Å². The molecular formula is C20H19FN2O4S. The lowest BCUT2D eigenvalue weighted by molar-refractivity contribution is -0.139. The van der Waals surface area contributed by atoms with Crippen LogP contribution in [0.2, 0.25) is 0 Å². The van der Waals surface area contributed by atoms with E-state index in [0.717, 1.165) is 4.90 Å². The molecule has 0 aliphatic carbocycles. The predicted octanol–water partition coefficient (Wildman–Crippen LogP) is 3.07. The molecule has 1 atom stereocenters. The van der Waals surface area contributed by atoms with Gasteiger partial charge in [0, 0.05) is 18.5 Å². The number of amides is 2. The van der Waals surface area contributed by atoms with E-state index in [1.165, 1.54) is 41.8 Å². The minimum atomic E-state index is -1.01. The van der Waals surface area contributed by atoms with E-state index >= 15 is 0 Å². The van der Waals surface area contributed by atoms with E-state index in [0.29, 0.717) is 17.0 Å². The molecular weight excluding hydrogens is 383 g/mol. The van der Waals surface area contributed by atoms with Crippen molar-refractivity contribution in [2.45, 2.75) is 24.5 Å². The molecule has 0 saturated heterocycles. The zero-order valence-electron chi connectivity index (χ0n) is 15.4. The normalized spacial score (nSPS) is 13.9. The van der Waals surface area contributed by atoms with Crippen molar-refractivity contribution in [3.63, 3.8) is 0 Å². The van der Waals surface area contributed by atoms with E-state index in [9.17, 15) is 18.8 Å². The first-order valence-electron chi connectivity index (χ1n) is 8.60. The number of esters is 1. The number of nitrogens with zero attached hydrogens (tertiary/aromatic N) is 1. The Kier molecular flexibility index (Phi) is 5.99. The van der Waals surface area contributed by atoms with Gasteiger partial charge in [-0.2, -0.15) is 0 Å². The molecule has 1 aliphatic heterocycles. The Bertz CT molecular complexity index is 934. The molecule has 2 amide bonds. The summed E-state index contributed by atoms with van der Waals surface area (Å²) in [4.78, 5) is 38.6. The van der Waals surface area contributed by atoms with E-state index in [2.05, 4.69) is 5.32 Å². The second-order valence-corrected chi connectivity index (χ2v) is 7.44. The fourth-order valence-corrected chi connectivity index (χ4v) is 3.58. The minimum absolute atomic E-state index is 0.134. The highest BCUT2D eigenvalue weighted by atomic mass is 32.2. The predicted molar refractivity (Wildman–Crippen MR) is 104 cm³/mol. The van der Waals surface area contributed by atoms with Crippen LogP contribution in [0.25, 0.3) is 0 Å². The number of carbonyl (C=O) groups is 3. The number of likely N-dealkylation sites (N-methyl/N-ethyl adjacent to an activating group) is 1. The highest BCUT2D eigenvalue weighted by Gasteiger charge is 2.24. The largest absolute Gasteiger partial charge is 0.449 e. The number of carbonyl (C=O) groups excluding carboxylic acids is 3. The topological polar surface area (TPSA) is 75.7 Å². The van der Waals surface area contributed by atoms with Gasteiger partial charge in [0.05, 0.1) is 17.0 Å². The van der Waals surface area contributed by atoms with Crippen LogP contribution in [-0.2, 0) is 20.9 Å². The Balaban J connectivity index is 1.62. The molecule has 0 aromatic heterocycles. The molecule has 1 heterocycles. The molecule has 0 saturated carbocycles. The zero-order valence-corrected chi connectivity index (χ0v) is 16.2. The van der Waals surface area contributed by atoms with Crippen molar-refractivity contribution in [2.75, 3.05) is 18.1 Å². The van der Waals surface area contributed by atoms with Crippen LogP contribution in [0, 0.1) is 5.82 Å². The van der Waals surface area contributed by atoms with E-state index in [-0.39, 0.29) is 23.8 Å². The third-order valence-electron chi connectivity index (χ3n) is 4.16. The highest BCUT2D eigenvalue weighted by Crippen LogP contribution is 2.32. The lowest BCUT2D eigenvalue weighted by Gasteiger charge is -2.22. The van der Waals surface area contributed by atoms with Crippen molar-refractivity contribution in [3.8, 4) is 0 Å². The number of hydrogen-bond donors (Lipinski definition) is 1. The molecule has 2 aromatic carbocycles. The van der Waals surface area contributed by atoms with Crippen molar-refractivity contribution >= 4 is 35.2 Å². The van der Waals surface area contributed by atoms with Crippen LogP contribution in [0.5, 0.6) is 0 Å². The van der Waals surface area contributed by atoms with Gasteiger partial charge in [0.1, 0.15) is 5.82 Å². The van der Waals surface area contributed by atoms with Crippen LogP contribution < -0.4 is 5.32 Å². The van der Waals surface area contributed by atoms with Crippen LogP contribution in [-0.4, -0.2) is 41.6 Å². The molecule has 28 heavy (non-hydrogen) atoms. The zero-order chi connectivity index (χ0) is 20.3. The number of ether oxygens (including phenoxy) is 1. The maximum Gasteiger partial charge on any atom is 0.338 e. The molecule has 146 valence electrons. The quantitative estimate of drug-likeness (QED) is 0.778. The molecule has 3 rings (SSSR count). The minimum Gasteiger partial charge on any atom is -0.449 e. The van der Waals surface area contributed by atoms with E-state index in [1.807, 2.05) is 0 Å². The lowest BCUT2D eigenvalue weighted by Crippen LogP contribution is -2.37. The Morgan fingerprint density at radius 2 is 2.07 bits per heavy atom. The molecule has 1 N–H and O–H groups in total. The molecule has 6 nitrogen and oxygen atoms in total. The first-order chi connectivity index (χ1) is 13.3. The number of thioether (sulfide) groups is 1. The summed E-state index contributed by atoms with van der Waals surface area (Å²) in [5.41, 5.74) is 1.43. The number of fused-ring (bicyclic) bond motifs is 1. The lowest BCUT2D eigenvalue weighted by atomic mass is 10.2. The number of nitrogens with one attached hydrogen (secondary N) is 1. The number of hydrogen-bond acceptors (Lipinski definition) is 5. The van der Waals surface area contributed by atoms with Gasteiger partial charge in [0.2, 0.25) is 5.91 Å². The SMILES string of the molecule is C[C@@H](OC(=O)c1ccc2c(c1)NC(=O)CS2)C(=O)N(C)Cc1cccc(F)c1. The molecule has 0 spiro atoms. The van der Waals surface area contributed by atoms with Crippen LogP contribution in [0.4, 0.5) is 10.1 Å². The highest BCUT2D eigenvalue weighted by molar-refractivity contribution is 8.00. The molecule has 0 fully saturated rings. The third kappa shape index (κ3) is 4.69. The van der Waals surface area contributed by atoms with Crippen molar-refractivity contribution < 1.29 is 23.5 Å². The van der Waals surface area contributed by atoms with Gasteiger partial charge in [-0.05, 0) is 42.8 Å². The van der Waals surface area contributed by atoms with Crippen molar-refractivity contribution in [3.05, 3.63) is 59.4 Å². The Morgan fingerprint density at radius 1 is 1.29 bits per heavy atom. The van der Waals surface area contributed by atoms with Crippen molar-refractivity contribution in [1.82, 2.24) is 4.90 Å². The number of rotatable bonds is 5. The average molecular weight is 402 g/mol. The van der Waals surface area contributed by atoms with Gasteiger partial charge in [-0.15, -0.1) is 11.8 Å². The summed E-state index contributed by atoms with van der Waals surface area (Å²) < 4.78 is 18.6. The maximum absolute atomic E-state index is 13.3. The Labute approximate surface area is 166 Å². The molecule has 0 unspecified atom stereocenters. The van der Waals surface area contributed by atoms with Crippen LogP contribution >= 0.6 is 11.8 Å². The fraction of sp³-hybridized carbons (Fsp3) is 0.250. The molecule has 1 aliphatic rings. The summed E-state index contributed by atoms with van der Waals surface area (Å²) in [6.07, 6.45) is -1.01. The second kappa shape index (κ2) is 8.43. The van der Waals surface area contributed by atoms with Gasteiger partial charge in [-0.3, -0.25) is 9.59 Å². The van der Waals surface area contributed by atoms with E-state index in [4.69, 9.17) is 4.74 Å². The number of halogens is 1. The van der Waals surface area contributed by atoms with Crippen molar-refractivity contribution in [1.29, 1.82) is 0 Å². The third-order valence-corrected chi connectivity index (χ3v) is 5.24. The fourth-order valence-electron chi connectivity index (χ4n) is 2.79. The van der Waals surface area contributed by atoms with E-state index in [1.54, 1.807) is 31.3 Å². The summed E-state index contributed by atoms with van der Waals surface area (Å²) in [5.74, 6) is -1.24. The summed E-state index contributed by atoms with van der Waals surface area (Å²) in [6.45, 7) is 1.68. The number of benzene rings is 2. The second-order valence-electron chi connectivity index (χ2n) is 6.42. The van der Waals surface area contributed by atoms with Gasteiger partial charge >= 0.3 is 5.97 Å². The molecule has 0 bridgehead atoms.